The third-order valence-corrected chi connectivity index (χ3v) is 2.52. The molecule has 0 radical (unpaired) electrons. The highest BCUT2D eigenvalue weighted by Crippen LogP contribution is 2.29. The normalized spacial score (nSPS) is 24.2. The van der Waals surface area contributed by atoms with Crippen molar-refractivity contribution in [1.82, 2.24) is 0 Å². The molecule has 0 aliphatic carbocycles. The molecule has 0 spiro atoms. The highest BCUT2D eigenvalue weighted by molar-refractivity contribution is 8.03. The molecule has 1 aliphatic rings. The lowest BCUT2D eigenvalue weighted by molar-refractivity contribution is 0.427. The van der Waals surface area contributed by atoms with E-state index in [1.165, 1.54) is 6.08 Å². The van der Waals surface area contributed by atoms with Gasteiger partial charge in [0.1, 0.15) is 11.5 Å². The Morgan fingerprint density at radius 2 is 2.58 bits per heavy atom. The first-order valence-electron chi connectivity index (χ1n) is 3.67. The Morgan fingerprint density at radius 1 is 1.83 bits per heavy atom. The molecule has 12 heavy (non-hydrogen) atoms. The number of allylic oxidation sites excluding steroid dienone is 2. The Balaban J connectivity index is 3.08. The molecular weight excluding hydrogens is 170 g/mol. The molecule has 1 aliphatic heterocycles. The van der Waals surface area contributed by atoms with Gasteiger partial charge in [0.15, 0.2) is 0 Å². The number of thioether (sulfide) groups is 1. The molecule has 0 amide bonds. The maximum absolute atomic E-state index is 9.38. The standard InChI is InChI=1S/C9H11NOS/c1-3-7(11)9-8(4-2)12-6-5-10-9/h3-5,11H,1,6H2,2H3/b8-4+,9-7-. The van der Waals surface area contributed by atoms with E-state index in [0.29, 0.717) is 5.70 Å². The van der Waals surface area contributed by atoms with Crippen LogP contribution in [0, 0.1) is 0 Å². The average molecular weight is 181 g/mol. The number of nitrogens with zero attached hydrogens (tertiary/aromatic N) is 1. The van der Waals surface area contributed by atoms with Crippen molar-refractivity contribution in [2.24, 2.45) is 4.99 Å². The van der Waals surface area contributed by atoms with Crippen LogP contribution in [0.3, 0.4) is 0 Å². The van der Waals surface area contributed by atoms with E-state index >= 15 is 0 Å². The second kappa shape index (κ2) is 4.16. The number of hydrogen-bond acceptors (Lipinski definition) is 3. The number of rotatable bonds is 1. The topological polar surface area (TPSA) is 32.6 Å². The minimum atomic E-state index is 0.145. The molecule has 1 rings (SSSR count). The van der Waals surface area contributed by atoms with Crippen LogP contribution in [0.2, 0.25) is 0 Å². The Bertz CT molecular complexity index is 276. The van der Waals surface area contributed by atoms with Gasteiger partial charge in [0.2, 0.25) is 0 Å². The van der Waals surface area contributed by atoms with Crippen LogP contribution in [0.25, 0.3) is 0 Å². The fraction of sp³-hybridized carbons (Fsp3) is 0.222. The van der Waals surface area contributed by atoms with Crippen LogP contribution in [-0.2, 0) is 0 Å². The van der Waals surface area contributed by atoms with Gasteiger partial charge >= 0.3 is 0 Å². The molecule has 0 saturated carbocycles. The Morgan fingerprint density at radius 3 is 3.17 bits per heavy atom. The third kappa shape index (κ3) is 1.80. The number of aliphatic hydroxyl groups is 1. The van der Waals surface area contributed by atoms with Crippen LogP contribution in [0.15, 0.2) is 40.1 Å². The molecule has 3 heteroatoms. The van der Waals surface area contributed by atoms with E-state index < -0.39 is 0 Å². The van der Waals surface area contributed by atoms with Gasteiger partial charge in [-0.2, -0.15) is 0 Å². The van der Waals surface area contributed by atoms with E-state index in [1.807, 2.05) is 13.0 Å². The summed E-state index contributed by atoms with van der Waals surface area (Å²) in [7, 11) is 0. The van der Waals surface area contributed by atoms with Crippen molar-refractivity contribution < 1.29 is 5.11 Å². The molecular formula is C9H11NOS. The molecule has 0 saturated heterocycles. The Kier molecular flexibility index (Phi) is 3.17. The lowest BCUT2D eigenvalue weighted by atomic mass is 10.3. The molecule has 2 nitrogen and oxygen atoms in total. The minimum absolute atomic E-state index is 0.145. The Hall–Kier alpha value is -0.960. The van der Waals surface area contributed by atoms with Gasteiger partial charge in [-0.05, 0) is 13.0 Å². The molecule has 1 heterocycles. The minimum Gasteiger partial charge on any atom is -0.506 e. The van der Waals surface area contributed by atoms with E-state index in [-0.39, 0.29) is 5.76 Å². The summed E-state index contributed by atoms with van der Waals surface area (Å²) in [6, 6.07) is 0. The zero-order valence-corrected chi connectivity index (χ0v) is 7.77. The van der Waals surface area contributed by atoms with Gasteiger partial charge in [-0.25, -0.2) is 0 Å². The zero-order chi connectivity index (χ0) is 8.97. The molecule has 0 unspecified atom stereocenters. The molecule has 0 aromatic heterocycles. The van der Waals surface area contributed by atoms with Gasteiger partial charge in [-0.15, -0.1) is 11.8 Å². The van der Waals surface area contributed by atoms with Crippen molar-refractivity contribution in [2.75, 3.05) is 5.75 Å². The van der Waals surface area contributed by atoms with Gasteiger partial charge in [-0.1, -0.05) is 12.7 Å². The first kappa shape index (κ1) is 9.13. The van der Waals surface area contributed by atoms with E-state index in [2.05, 4.69) is 11.6 Å². The summed E-state index contributed by atoms with van der Waals surface area (Å²) in [6.07, 6.45) is 5.13. The van der Waals surface area contributed by atoms with E-state index in [1.54, 1.807) is 18.0 Å². The average Bonchev–Trinajstić information content (AvgIpc) is 2.16. The summed E-state index contributed by atoms with van der Waals surface area (Å²) >= 11 is 1.66. The summed E-state index contributed by atoms with van der Waals surface area (Å²) in [4.78, 5) is 5.11. The van der Waals surface area contributed by atoms with Crippen LogP contribution < -0.4 is 0 Å². The molecule has 0 fully saturated rings. The lowest BCUT2D eigenvalue weighted by Gasteiger charge is -2.11. The second-order valence-electron chi connectivity index (χ2n) is 2.21. The predicted molar refractivity (Wildman–Crippen MR) is 54.6 cm³/mol. The van der Waals surface area contributed by atoms with E-state index in [4.69, 9.17) is 0 Å². The molecule has 0 bridgehead atoms. The van der Waals surface area contributed by atoms with Gasteiger partial charge < -0.3 is 5.11 Å². The SMILES string of the molecule is C=C/C(O)=C1/N=CCS/C1=C/C. The molecule has 1 N–H and O–H groups in total. The first-order chi connectivity index (χ1) is 5.79. The van der Waals surface area contributed by atoms with Crippen molar-refractivity contribution in [3.63, 3.8) is 0 Å². The molecule has 64 valence electrons. The Labute approximate surface area is 76.4 Å². The maximum atomic E-state index is 9.38. The summed E-state index contributed by atoms with van der Waals surface area (Å²) in [5.74, 6) is 1.01. The number of aliphatic hydroxyl groups excluding tert-OH is 1. The van der Waals surface area contributed by atoms with E-state index in [9.17, 15) is 5.11 Å². The van der Waals surface area contributed by atoms with Crippen LogP contribution in [0.1, 0.15) is 6.92 Å². The highest BCUT2D eigenvalue weighted by atomic mass is 32.2. The lowest BCUT2D eigenvalue weighted by Crippen LogP contribution is -1.97. The van der Waals surface area contributed by atoms with Crippen LogP contribution in [0.4, 0.5) is 0 Å². The summed E-state index contributed by atoms with van der Waals surface area (Å²) in [5.41, 5.74) is 0.628. The quantitative estimate of drug-likeness (QED) is 0.631. The fourth-order valence-corrected chi connectivity index (χ4v) is 1.69. The summed E-state index contributed by atoms with van der Waals surface area (Å²) < 4.78 is 0. The number of hydrogen-bond donors (Lipinski definition) is 1. The summed E-state index contributed by atoms with van der Waals surface area (Å²) in [5, 5.41) is 9.38. The van der Waals surface area contributed by atoms with Crippen molar-refractivity contribution in [1.29, 1.82) is 0 Å². The van der Waals surface area contributed by atoms with Crippen LogP contribution >= 0.6 is 11.8 Å². The maximum Gasteiger partial charge on any atom is 0.141 e. The van der Waals surface area contributed by atoms with Crippen molar-refractivity contribution in [2.45, 2.75) is 6.92 Å². The smallest absolute Gasteiger partial charge is 0.141 e. The van der Waals surface area contributed by atoms with Crippen molar-refractivity contribution in [3.8, 4) is 0 Å². The van der Waals surface area contributed by atoms with Crippen molar-refractivity contribution >= 4 is 18.0 Å². The van der Waals surface area contributed by atoms with Crippen LogP contribution in [-0.4, -0.2) is 17.1 Å². The zero-order valence-electron chi connectivity index (χ0n) is 6.95. The van der Waals surface area contributed by atoms with Gasteiger partial charge in [0.05, 0.1) is 0 Å². The van der Waals surface area contributed by atoms with E-state index in [0.717, 1.165) is 10.7 Å². The highest BCUT2D eigenvalue weighted by Gasteiger charge is 2.10. The second-order valence-corrected chi connectivity index (χ2v) is 3.28. The molecule has 0 aromatic rings. The van der Waals surface area contributed by atoms with Crippen LogP contribution in [0.5, 0.6) is 0 Å². The monoisotopic (exact) mass is 181 g/mol. The molecule has 0 aromatic carbocycles. The van der Waals surface area contributed by atoms with Crippen molar-refractivity contribution in [3.05, 3.63) is 35.1 Å². The van der Waals surface area contributed by atoms with Gasteiger partial charge in [0, 0.05) is 16.9 Å². The largest absolute Gasteiger partial charge is 0.506 e. The van der Waals surface area contributed by atoms with Gasteiger partial charge in [-0.3, -0.25) is 4.99 Å². The number of aliphatic imine (C=N–C) groups is 1. The molecule has 0 atom stereocenters. The summed E-state index contributed by atoms with van der Waals surface area (Å²) in [6.45, 7) is 5.42. The predicted octanol–water partition coefficient (Wildman–Crippen LogP) is 2.66. The first-order valence-corrected chi connectivity index (χ1v) is 4.66. The third-order valence-electron chi connectivity index (χ3n) is 1.47. The fourth-order valence-electron chi connectivity index (χ4n) is 0.897. The van der Waals surface area contributed by atoms with Gasteiger partial charge in [0.25, 0.3) is 0 Å².